The zero-order valence-electron chi connectivity index (χ0n) is 9.74. The Morgan fingerprint density at radius 3 is 2.71 bits per heavy atom. The van der Waals surface area contributed by atoms with Gasteiger partial charge in [-0.1, -0.05) is 19.1 Å². The second-order valence-corrected chi connectivity index (χ2v) is 5.38. The fourth-order valence-electron chi connectivity index (χ4n) is 2.19. The molecule has 0 aliphatic heterocycles. The van der Waals surface area contributed by atoms with Crippen molar-refractivity contribution in [1.29, 1.82) is 0 Å². The van der Waals surface area contributed by atoms with E-state index in [1.54, 1.807) is 0 Å². The summed E-state index contributed by atoms with van der Waals surface area (Å²) < 4.78 is 0.729. The third-order valence-corrected chi connectivity index (χ3v) is 3.94. The van der Waals surface area contributed by atoms with Crippen LogP contribution in [-0.2, 0) is 12.0 Å². The van der Waals surface area contributed by atoms with Gasteiger partial charge >= 0.3 is 0 Å². The van der Waals surface area contributed by atoms with Gasteiger partial charge in [0.1, 0.15) is 5.75 Å². The lowest BCUT2D eigenvalue weighted by atomic mass is 9.81. The van der Waals surface area contributed by atoms with E-state index in [4.69, 9.17) is 5.73 Å². The van der Waals surface area contributed by atoms with Crippen LogP contribution < -0.4 is 5.73 Å². The van der Waals surface area contributed by atoms with Crippen LogP contribution in [0.25, 0.3) is 0 Å². The van der Waals surface area contributed by atoms with E-state index in [2.05, 4.69) is 35.0 Å². The molecule has 0 radical (unpaired) electrons. The molecular formula is C13H17BrClNO. The van der Waals surface area contributed by atoms with Gasteiger partial charge < -0.3 is 10.8 Å². The number of nitrogens with two attached hydrogens (primary N) is 1. The second kappa shape index (κ2) is 5.42. The zero-order valence-corrected chi connectivity index (χ0v) is 12.1. The highest BCUT2D eigenvalue weighted by Gasteiger charge is 2.27. The summed E-state index contributed by atoms with van der Waals surface area (Å²) in [5, 5.41) is 9.80. The molecule has 1 atom stereocenters. The van der Waals surface area contributed by atoms with E-state index >= 15 is 0 Å². The summed E-state index contributed by atoms with van der Waals surface area (Å²) in [7, 11) is 0. The molecule has 0 saturated heterocycles. The number of hydrogen-bond acceptors (Lipinski definition) is 2. The van der Waals surface area contributed by atoms with Crippen molar-refractivity contribution in [3.05, 3.63) is 39.9 Å². The van der Waals surface area contributed by atoms with E-state index in [0.717, 1.165) is 22.9 Å². The number of phenolic OH excluding ortho intramolecular Hbond substituents is 1. The Kier molecular flexibility index (Phi) is 4.64. The van der Waals surface area contributed by atoms with E-state index < -0.39 is 0 Å². The van der Waals surface area contributed by atoms with Crippen molar-refractivity contribution in [3.63, 3.8) is 0 Å². The van der Waals surface area contributed by atoms with Crippen molar-refractivity contribution >= 4 is 28.3 Å². The van der Waals surface area contributed by atoms with Crippen molar-refractivity contribution in [2.45, 2.75) is 31.7 Å². The van der Waals surface area contributed by atoms with Gasteiger partial charge in [-0.15, -0.1) is 12.4 Å². The highest BCUT2D eigenvalue weighted by Crippen LogP contribution is 2.39. The molecule has 1 aliphatic carbocycles. The molecule has 1 aromatic rings. The van der Waals surface area contributed by atoms with Crippen LogP contribution in [0, 0.1) is 0 Å². The lowest BCUT2D eigenvalue weighted by Crippen LogP contribution is -2.16. The quantitative estimate of drug-likeness (QED) is 0.818. The average Bonchev–Trinajstić information content (AvgIpc) is 2.70. The highest BCUT2D eigenvalue weighted by molar-refractivity contribution is 9.10. The molecule has 94 valence electrons. The Morgan fingerprint density at radius 2 is 2.18 bits per heavy atom. The maximum absolute atomic E-state index is 9.80. The Morgan fingerprint density at radius 1 is 1.47 bits per heavy atom. The molecule has 0 spiro atoms. The van der Waals surface area contributed by atoms with Crippen LogP contribution in [0.3, 0.4) is 0 Å². The summed E-state index contributed by atoms with van der Waals surface area (Å²) in [6.45, 7) is 2.58. The Hall–Kier alpha value is -0.510. The summed E-state index contributed by atoms with van der Waals surface area (Å²) in [5.41, 5.74) is 7.73. The third kappa shape index (κ3) is 2.67. The molecule has 0 bridgehead atoms. The minimum absolute atomic E-state index is 0. The van der Waals surface area contributed by atoms with E-state index in [9.17, 15) is 5.11 Å². The number of aromatic hydroxyl groups is 1. The summed E-state index contributed by atoms with van der Waals surface area (Å²) in [5.74, 6) is 0.261. The Bertz CT molecular complexity index is 447. The molecule has 2 rings (SSSR count). The molecule has 4 heteroatoms. The maximum Gasteiger partial charge on any atom is 0.134 e. The van der Waals surface area contributed by atoms with E-state index in [-0.39, 0.29) is 23.6 Å². The molecule has 0 heterocycles. The van der Waals surface area contributed by atoms with Crippen LogP contribution in [0.15, 0.2) is 28.8 Å². The van der Waals surface area contributed by atoms with Gasteiger partial charge in [0.05, 0.1) is 4.47 Å². The van der Waals surface area contributed by atoms with Gasteiger partial charge in [0.2, 0.25) is 0 Å². The maximum atomic E-state index is 9.80. The van der Waals surface area contributed by atoms with Gasteiger partial charge in [-0.05, 0) is 46.5 Å². The lowest BCUT2D eigenvalue weighted by molar-refractivity contribution is 0.463. The minimum atomic E-state index is 0. The zero-order chi connectivity index (χ0) is 11.8. The summed E-state index contributed by atoms with van der Waals surface area (Å²) >= 11 is 3.38. The second-order valence-electron chi connectivity index (χ2n) is 4.53. The molecule has 0 saturated carbocycles. The SMILES string of the molecule is CC1(c2cc(Br)c(O)c(CN)c2)C=CCC1.Cl. The van der Waals surface area contributed by atoms with Gasteiger partial charge in [0.15, 0.2) is 0 Å². The molecule has 3 N–H and O–H groups in total. The number of allylic oxidation sites excluding steroid dienone is 2. The smallest absolute Gasteiger partial charge is 0.134 e. The Balaban J connectivity index is 0.00000144. The van der Waals surface area contributed by atoms with E-state index in [0.29, 0.717) is 6.54 Å². The van der Waals surface area contributed by atoms with Crippen LogP contribution in [0.4, 0.5) is 0 Å². The summed E-state index contributed by atoms with van der Waals surface area (Å²) in [6.07, 6.45) is 6.69. The van der Waals surface area contributed by atoms with Gasteiger partial charge in [-0.2, -0.15) is 0 Å². The van der Waals surface area contributed by atoms with Crippen LogP contribution >= 0.6 is 28.3 Å². The first-order valence-corrected chi connectivity index (χ1v) is 6.26. The lowest BCUT2D eigenvalue weighted by Gasteiger charge is -2.24. The summed E-state index contributed by atoms with van der Waals surface area (Å²) in [4.78, 5) is 0. The molecule has 2 nitrogen and oxygen atoms in total. The molecule has 0 amide bonds. The largest absolute Gasteiger partial charge is 0.506 e. The molecule has 1 unspecified atom stereocenters. The van der Waals surface area contributed by atoms with Gasteiger partial charge in [-0.25, -0.2) is 0 Å². The fourth-order valence-corrected chi connectivity index (χ4v) is 2.69. The predicted octanol–water partition coefficient (Wildman–Crippen LogP) is 3.64. The fraction of sp³-hybridized carbons (Fsp3) is 0.385. The van der Waals surface area contributed by atoms with Crippen LogP contribution in [0.2, 0.25) is 0 Å². The van der Waals surface area contributed by atoms with Crippen molar-refractivity contribution in [1.82, 2.24) is 0 Å². The monoisotopic (exact) mass is 317 g/mol. The number of hydrogen-bond donors (Lipinski definition) is 2. The molecule has 17 heavy (non-hydrogen) atoms. The molecule has 1 aliphatic rings. The Labute approximate surface area is 116 Å². The normalized spacial score (nSPS) is 22.5. The minimum Gasteiger partial charge on any atom is -0.506 e. The number of phenols is 1. The third-order valence-electron chi connectivity index (χ3n) is 3.34. The van der Waals surface area contributed by atoms with Crippen LogP contribution in [0.1, 0.15) is 30.9 Å². The highest BCUT2D eigenvalue weighted by atomic mass is 79.9. The van der Waals surface area contributed by atoms with Crippen molar-refractivity contribution < 1.29 is 5.11 Å². The van der Waals surface area contributed by atoms with E-state index in [1.807, 2.05) is 12.1 Å². The average molecular weight is 319 g/mol. The van der Waals surface area contributed by atoms with Gasteiger partial charge in [0.25, 0.3) is 0 Å². The van der Waals surface area contributed by atoms with Crippen molar-refractivity contribution in [2.24, 2.45) is 5.73 Å². The first-order valence-electron chi connectivity index (χ1n) is 5.46. The summed E-state index contributed by atoms with van der Waals surface area (Å²) in [6, 6.07) is 4.00. The molecule has 0 fully saturated rings. The standard InChI is InChI=1S/C13H16BrNO.ClH/c1-13(4-2-3-5-13)10-6-9(8-15)12(16)11(14)7-10;/h2,4,6-7,16H,3,5,8,15H2,1H3;1H. The molecule has 1 aromatic carbocycles. The molecular weight excluding hydrogens is 302 g/mol. The first-order chi connectivity index (χ1) is 7.57. The topological polar surface area (TPSA) is 46.2 Å². The van der Waals surface area contributed by atoms with Gasteiger partial charge in [0, 0.05) is 17.5 Å². The van der Waals surface area contributed by atoms with Gasteiger partial charge in [-0.3, -0.25) is 0 Å². The molecule has 0 aromatic heterocycles. The van der Waals surface area contributed by atoms with Crippen LogP contribution in [0.5, 0.6) is 5.75 Å². The number of halogens is 2. The first kappa shape index (κ1) is 14.6. The number of rotatable bonds is 2. The number of benzene rings is 1. The van der Waals surface area contributed by atoms with Crippen molar-refractivity contribution in [2.75, 3.05) is 0 Å². The van der Waals surface area contributed by atoms with Crippen molar-refractivity contribution in [3.8, 4) is 5.75 Å². The van der Waals surface area contributed by atoms with E-state index in [1.165, 1.54) is 5.56 Å². The predicted molar refractivity (Wildman–Crippen MR) is 76.7 cm³/mol. The van der Waals surface area contributed by atoms with Crippen LogP contribution in [-0.4, -0.2) is 5.11 Å².